The van der Waals surface area contributed by atoms with Gasteiger partial charge in [0.1, 0.15) is 5.75 Å². The van der Waals surface area contributed by atoms with Gasteiger partial charge in [-0.2, -0.15) is 12.6 Å². The Balaban J connectivity index is 2.16. The van der Waals surface area contributed by atoms with Crippen molar-refractivity contribution in [1.29, 1.82) is 0 Å². The molecule has 126 valence electrons. The van der Waals surface area contributed by atoms with Gasteiger partial charge in [0.25, 0.3) is 0 Å². The molecule has 0 spiro atoms. The van der Waals surface area contributed by atoms with E-state index in [1.807, 2.05) is 38.1 Å². The van der Waals surface area contributed by atoms with E-state index >= 15 is 0 Å². The van der Waals surface area contributed by atoms with Crippen molar-refractivity contribution in [2.45, 2.75) is 58.8 Å². The zero-order chi connectivity index (χ0) is 17.3. The van der Waals surface area contributed by atoms with E-state index in [1.54, 1.807) is 0 Å². The molecule has 1 heterocycles. The maximum Gasteiger partial charge on any atom is 0.491 e. The van der Waals surface area contributed by atoms with Crippen LogP contribution in [-0.2, 0) is 9.31 Å². The second kappa shape index (κ2) is 6.92. The lowest BCUT2D eigenvalue weighted by atomic mass is 9.78. The van der Waals surface area contributed by atoms with Crippen LogP contribution in [0.25, 0.3) is 6.08 Å². The number of thiol groups is 1. The third kappa shape index (κ3) is 4.34. The Hall–Kier alpha value is -0.905. The molecule has 0 unspecified atom stereocenters. The number of benzene rings is 1. The van der Waals surface area contributed by atoms with Crippen LogP contribution in [-0.4, -0.2) is 30.2 Å². The summed E-state index contributed by atoms with van der Waals surface area (Å²) < 4.78 is 17.9. The highest BCUT2D eigenvalue weighted by atomic mass is 32.1. The first-order valence-corrected chi connectivity index (χ1v) is 8.71. The Kier molecular flexibility index (Phi) is 5.54. The van der Waals surface area contributed by atoms with E-state index in [4.69, 9.17) is 14.0 Å². The second-order valence-electron chi connectivity index (χ2n) is 7.20. The monoisotopic (exact) mass is 334 g/mol. The predicted octanol–water partition coefficient (Wildman–Crippen LogP) is 4.42. The van der Waals surface area contributed by atoms with Gasteiger partial charge in [0.15, 0.2) is 0 Å². The molecule has 1 aromatic rings. The van der Waals surface area contributed by atoms with E-state index in [-0.39, 0.29) is 24.4 Å². The third-order valence-corrected chi connectivity index (χ3v) is 4.71. The zero-order valence-electron chi connectivity index (χ0n) is 14.9. The van der Waals surface area contributed by atoms with Crippen molar-refractivity contribution >= 4 is 25.8 Å². The smallest absolute Gasteiger partial charge is 0.491 e. The summed E-state index contributed by atoms with van der Waals surface area (Å²) in [5, 5.41) is 0. The lowest BCUT2D eigenvalue weighted by Crippen LogP contribution is -2.41. The fourth-order valence-electron chi connectivity index (χ4n) is 2.31. The second-order valence-corrected chi connectivity index (χ2v) is 7.52. The highest BCUT2D eigenvalue weighted by Gasteiger charge is 2.52. The van der Waals surface area contributed by atoms with Crippen LogP contribution in [0.4, 0.5) is 0 Å². The summed E-state index contributed by atoms with van der Waals surface area (Å²) in [6.45, 7) is 12.3. The van der Waals surface area contributed by atoms with E-state index < -0.39 is 0 Å². The number of ether oxygens (including phenoxy) is 1. The van der Waals surface area contributed by atoms with Crippen molar-refractivity contribution in [2.24, 2.45) is 0 Å². The van der Waals surface area contributed by atoms with Crippen molar-refractivity contribution in [2.75, 3.05) is 5.75 Å². The minimum Gasteiger partial charge on any atom is -0.491 e. The van der Waals surface area contributed by atoms with E-state index in [0.717, 1.165) is 16.8 Å². The Morgan fingerprint density at radius 1 is 1.13 bits per heavy atom. The number of rotatable bonds is 5. The molecule has 1 aliphatic heterocycles. The first-order valence-electron chi connectivity index (χ1n) is 8.08. The molecule has 0 atom stereocenters. The van der Waals surface area contributed by atoms with Gasteiger partial charge in [-0.25, -0.2) is 0 Å². The molecule has 23 heavy (non-hydrogen) atoms. The normalized spacial score (nSPS) is 20.2. The predicted molar refractivity (Wildman–Crippen MR) is 100 cm³/mol. The molecule has 3 nitrogen and oxygen atoms in total. The maximum absolute atomic E-state index is 6.10. The fourth-order valence-corrected chi connectivity index (χ4v) is 2.55. The van der Waals surface area contributed by atoms with Crippen LogP contribution in [0.15, 0.2) is 29.7 Å². The lowest BCUT2D eigenvalue weighted by Gasteiger charge is -2.32. The van der Waals surface area contributed by atoms with Gasteiger partial charge in [-0.3, -0.25) is 0 Å². The first-order chi connectivity index (χ1) is 10.6. The molecule has 1 aromatic carbocycles. The molecule has 0 saturated carbocycles. The zero-order valence-corrected chi connectivity index (χ0v) is 15.8. The summed E-state index contributed by atoms with van der Waals surface area (Å²) in [6.07, 6.45) is 2.25. The summed E-state index contributed by atoms with van der Waals surface area (Å²) in [5.74, 6) is 1.46. The lowest BCUT2D eigenvalue weighted by molar-refractivity contribution is 0.00578. The van der Waals surface area contributed by atoms with E-state index in [1.165, 1.54) is 0 Å². The van der Waals surface area contributed by atoms with Gasteiger partial charge >= 0.3 is 7.12 Å². The van der Waals surface area contributed by atoms with Crippen LogP contribution < -0.4 is 4.74 Å². The minimum absolute atomic E-state index is 0.175. The molecule has 1 aliphatic rings. The Bertz CT molecular complexity index is 548. The topological polar surface area (TPSA) is 27.7 Å². The van der Waals surface area contributed by atoms with E-state index in [2.05, 4.69) is 46.4 Å². The van der Waals surface area contributed by atoms with Crippen molar-refractivity contribution < 1.29 is 14.0 Å². The fraction of sp³-hybridized carbons (Fsp3) is 0.556. The van der Waals surface area contributed by atoms with Crippen molar-refractivity contribution in [3.63, 3.8) is 0 Å². The summed E-state index contributed by atoms with van der Waals surface area (Å²) in [6, 6.07) is 8.02. The van der Waals surface area contributed by atoms with Crippen LogP contribution in [0.2, 0.25) is 0 Å². The molecule has 0 aliphatic carbocycles. The summed E-state index contributed by atoms with van der Waals surface area (Å²) >= 11 is 4.45. The maximum atomic E-state index is 6.10. The quantitative estimate of drug-likeness (QED) is 0.638. The van der Waals surface area contributed by atoms with Gasteiger partial charge in [-0.15, -0.1) is 0 Å². The van der Waals surface area contributed by atoms with Crippen LogP contribution in [0.1, 0.15) is 47.1 Å². The van der Waals surface area contributed by atoms with Crippen LogP contribution in [0, 0.1) is 0 Å². The van der Waals surface area contributed by atoms with Crippen LogP contribution in [0.5, 0.6) is 5.75 Å². The van der Waals surface area contributed by atoms with Gasteiger partial charge in [-0.1, -0.05) is 18.2 Å². The standard InChI is InChI=1S/C18H27BO3S/c1-13(2)20-16-9-7-14(8-10-16)11-15(12-23)19-21-17(3,4)18(5,6)22-19/h7-11,13,23H,12H2,1-6H3. The average Bonchev–Trinajstić information content (AvgIpc) is 2.66. The Labute approximate surface area is 146 Å². The Morgan fingerprint density at radius 2 is 1.65 bits per heavy atom. The first kappa shape index (κ1) is 18.4. The van der Waals surface area contributed by atoms with E-state index in [9.17, 15) is 0 Å². The largest absolute Gasteiger partial charge is 0.491 e. The van der Waals surface area contributed by atoms with Gasteiger partial charge in [0.05, 0.1) is 17.3 Å². The average molecular weight is 334 g/mol. The highest BCUT2D eigenvalue weighted by molar-refractivity contribution is 7.80. The van der Waals surface area contributed by atoms with E-state index in [0.29, 0.717) is 5.75 Å². The van der Waals surface area contributed by atoms with Crippen molar-refractivity contribution in [3.8, 4) is 5.75 Å². The van der Waals surface area contributed by atoms with Crippen LogP contribution >= 0.6 is 12.6 Å². The summed E-state index contributed by atoms with van der Waals surface area (Å²) in [5.41, 5.74) is 1.42. The SMILES string of the molecule is CC(C)Oc1ccc(C=C(CS)B2OC(C)(C)C(C)(C)O2)cc1. The molecular formula is C18H27BO3S. The van der Waals surface area contributed by atoms with Gasteiger partial charge in [0, 0.05) is 5.75 Å². The summed E-state index contributed by atoms with van der Waals surface area (Å²) in [4.78, 5) is 0. The highest BCUT2D eigenvalue weighted by Crippen LogP contribution is 2.39. The number of hydrogen-bond donors (Lipinski definition) is 1. The molecule has 5 heteroatoms. The van der Waals surface area contributed by atoms with Gasteiger partial charge < -0.3 is 14.0 Å². The van der Waals surface area contributed by atoms with Gasteiger partial charge in [-0.05, 0) is 64.7 Å². The molecule has 1 saturated heterocycles. The van der Waals surface area contributed by atoms with Crippen molar-refractivity contribution in [1.82, 2.24) is 0 Å². The van der Waals surface area contributed by atoms with Crippen LogP contribution in [0.3, 0.4) is 0 Å². The molecule has 0 aromatic heterocycles. The molecule has 0 amide bonds. The van der Waals surface area contributed by atoms with Crippen molar-refractivity contribution in [3.05, 3.63) is 35.3 Å². The summed E-state index contributed by atoms with van der Waals surface area (Å²) in [7, 11) is -0.357. The molecular weight excluding hydrogens is 307 g/mol. The molecule has 0 radical (unpaired) electrons. The molecule has 1 fully saturated rings. The third-order valence-electron chi connectivity index (χ3n) is 4.34. The molecule has 0 bridgehead atoms. The minimum atomic E-state index is -0.357. The molecule has 2 rings (SSSR count). The number of hydrogen-bond acceptors (Lipinski definition) is 4. The Morgan fingerprint density at radius 3 is 2.09 bits per heavy atom. The van der Waals surface area contributed by atoms with Gasteiger partial charge in [0.2, 0.25) is 0 Å². The molecule has 0 N–H and O–H groups in total.